The molecule has 1 amide bonds. The molecular weight excluding hydrogens is 308 g/mol. The molecule has 5 heteroatoms. The Morgan fingerprint density at radius 1 is 1.26 bits per heavy atom. The number of amides is 1. The first-order valence-electron chi connectivity index (χ1n) is 8.80. The minimum absolute atomic E-state index is 0.218. The molecule has 0 saturated carbocycles. The van der Waals surface area contributed by atoms with E-state index in [0.717, 1.165) is 56.8 Å². The van der Waals surface area contributed by atoms with E-state index >= 15 is 0 Å². The van der Waals surface area contributed by atoms with E-state index in [9.17, 15) is 4.79 Å². The van der Waals surface area contributed by atoms with Crippen LogP contribution in [0.5, 0.6) is 0 Å². The first-order chi connectivity index (χ1) is 11.1. The number of nitrogens with zero attached hydrogens (tertiary/aromatic N) is 2. The van der Waals surface area contributed by atoms with E-state index in [1.807, 2.05) is 4.90 Å². The summed E-state index contributed by atoms with van der Waals surface area (Å²) in [5.41, 5.74) is 2.74. The van der Waals surface area contributed by atoms with E-state index in [0.29, 0.717) is 0 Å². The number of thiophene rings is 1. The Balaban J connectivity index is 1.74. The summed E-state index contributed by atoms with van der Waals surface area (Å²) >= 11 is 1.65. The smallest absolute Gasteiger partial charge is 0.264 e. The number of carbonyl (C=O) groups is 1. The quantitative estimate of drug-likeness (QED) is 0.801. The van der Waals surface area contributed by atoms with Gasteiger partial charge >= 0.3 is 0 Å². The highest BCUT2D eigenvalue weighted by atomic mass is 32.1. The van der Waals surface area contributed by atoms with Gasteiger partial charge in [0.2, 0.25) is 0 Å². The third-order valence-electron chi connectivity index (χ3n) is 4.85. The fraction of sp³-hybridized carbons (Fsp3) is 0.722. The molecule has 128 valence electrons. The molecule has 1 aliphatic heterocycles. The number of hydrogen-bond acceptors (Lipinski definition) is 4. The summed E-state index contributed by atoms with van der Waals surface area (Å²) < 4.78 is 5.77. The molecule has 1 aromatic rings. The minimum Gasteiger partial charge on any atom is -0.376 e. The predicted molar refractivity (Wildman–Crippen MR) is 94.4 cm³/mol. The molecular formula is C18H28N2O2S. The maximum Gasteiger partial charge on any atom is 0.264 e. The standard InChI is InChI=1S/C18H28N2O2S/c1-19(2)9-10-20(12-15-7-5-11-22-15)18(21)17-16-8-4-3-6-14(16)13-23-17/h13,15H,3-12H2,1-2H3. The van der Waals surface area contributed by atoms with Crippen molar-refractivity contribution >= 4 is 17.2 Å². The van der Waals surface area contributed by atoms with Gasteiger partial charge in [0.25, 0.3) is 5.91 Å². The van der Waals surface area contributed by atoms with Crippen LogP contribution >= 0.6 is 11.3 Å². The zero-order valence-corrected chi connectivity index (χ0v) is 15.2. The molecule has 1 atom stereocenters. The van der Waals surface area contributed by atoms with Gasteiger partial charge in [-0.25, -0.2) is 0 Å². The topological polar surface area (TPSA) is 32.8 Å². The SMILES string of the molecule is CN(C)CCN(CC1CCCO1)C(=O)c1scc2c1CCCC2. The zero-order chi connectivity index (χ0) is 16.2. The van der Waals surface area contributed by atoms with Gasteiger partial charge < -0.3 is 14.5 Å². The van der Waals surface area contributed by atoms with E-state index in [2.05, 4.69) is 24.4 Å². The molecule has 1 unspecified atom stereocenters. The molecule has 0 N–H and O–H groups in total. The fourth-order valence-corrected chi connectivity index (χ4v) is 4.60. The summed E-state index contributed by atoms with van der Waals surface area (Å²) in [5.74, 6) is 0.218. The highest BCUT2D eigenvalue weighted by Crippen LogP contribution is 2.31. The first kappa shape index (κ1) is 16.9. The first-order valence-corrected chi connectivity index (χ1v) is 9.68. The highest BCUT2D eigenvalue weighted by Gasteiger charge is 2.27. The maximum absolute atomic E-state index is 13.1. The second kappa shape index (κ2) is 7.77. The van der Waals surface area contributed by atoms with Crippen LogP contribution in [0.15, 0.2) is 5.38 Å². The van der Waals surface area contributed by atoms with Crippen LogP contribution in [0.2, 0.25) is 0 Å². The van der Waals surface area contributed by atoms with Crippen molar-refractivity contribution in [1.82, 2.24) is 9.80 Å². The van der Waals surface area contributed by atoms with E-state index in [1.54, 1.807) is 11.3 Å². The molecule has 4 nitrogen and oxygen atoms in total. The van der Waals surface area contributed by atoms with Crippen molar-refractivity contribution in [2.75, 3.05) is 40.3 Å². The molecule has 0 aromatic carbocycles. The lowest BCUT2D eigenvalue weighted by atomic mass is 9.93. The number of ether oxygens (including phenoxy) is 1. The number of rotatable bonds is 6. The molecule has 2 heterocycles. The summed E-state index contributed by atoms with van der Waals surface area (Å²) in [6.07, 6.45) is 7.11. The largest absolute Gasteiger partial charge is 0.376 e. The zero-order valence-electron chi connectivity index (χ0n) is 14.3. The Kier molecular flexibility index (Phi) is 5.72. The van der Waals surface area contributed by atoms with Gasteiger partial charge in [-0.2, -0.15) is 0 Å². The third kappa shape index (κ3) is 4.14. The molecule has 1 fully saturated rings. The number of likely N-dealkylation sites (N-methyl/N-ethyl adjacent to an activating group) is 1. The van der Waals surface area contributed by atoms with Gasteiger partial charge in [-0.15, -0.1) is 11.3 Å². The monoisotopic (exact) mass is 336 g/mol. The molecule has 0 bridgehead atoms. The average molecular weight is 337 g/mol. The second-order valence-electron chi connectivity index (χ2n) is 6.97. The lowest BCUT2D eigenvalue weighted by molar-refractivity contribution is 0.0515. The van der Waals surface area contributed by atoms with E-state index in [4.69, 9.17) is 4.74 Å². The molecule has 1 aromatic heterocycles. The predicted octanol–water partition coefficient (Wildman–Crippen LogP) is 2.81. The van der Waals surface area contributed by atoms with E-state index < -0.39 is 0 Å². The van der Waals surface area contributed by atoms with Crippen molar-refractivity contribution in [3.63, 3.8) is 0 Å². The molecule has 23 heavy (non-hydrogen) atoms. The lowest BCUT2D eigenvalue weighted by Crippen LogP contribution is -2.41. The van der Waals surface area contributed by atoms with Gasteiger partial charge in [-0.1, -0.05) is 0 Å². The van der Waals surface area contributed by atoms with Crippen molar-refractivity contribution in [2.24, 2.45) is 0 Å². The summed E-state index contributed by atoms with van der Waals surface area (Å²) in [6.45, 7) is 3.25. The molecule has 0 radical (unpaired) electrons. The van der Waals surface area contributed by atoms with Gasteiger partial charge in [0.1, 0.15) is 0 Å². The van der Waals surface area contributed by atoms with Gasteiger partial charge in [-0.05, 0) is 69.1 Å². The summed E-state index contributed by atoms with van der Waals surface area (Å²) in [6, 6.07) is 0. The Morgan fingerprint density at radius 3 is 2.83 bits per heavy atom. The van der Waals surface area contributed by atoms with Crippen molar-refractivity contribution < 1.29 is 9.53 Å². The van der Waals surface area contributed by atoms with E-state index in [1.165, 1.54) is 24.0 Å². The second-order valence-corrected chi connectivity index (χ2v) is 7.84. The van der Waals surface area contributed by atoms with Gasteiger partial charge in [0, 0.05) is 26.2 Å². The average Bonchev–Trinajstić information content (AvgIpc) is 3.20. The van der Waals surface area contributed by atoms with Crippen LogP contribution in [0.25, 0.3) is 0 Å². The number of aryl methyl sites for hydroxylation is 1. The van der Waals surface area contributed by atoms with Crippen molar-refractivity contribution in [1.29, 1.82) is 0 Å². The Labute approximate surface area is 143 Å². The van der Waals surface area contributed by atoms with Crippen LogP contribution in [0.3, 0.4) is 0 Å². The number of hydrogen-bond donors (Lipinski definition) is 0. The summed E-state index contributed by atoms with van der Waals surface area (Å²) in [7, 11) is 4.11. The molecule has 3 rings (SSSR count). The molecule has 0 spiro atoms. The maximum atomic E-state index is 13.1. The number of carbonyl (C=O) groups excluding carboxylic acids is 1. The van der Waals surface area contributed by atoms with Gasteiger partial charge in [0.05, 0.1) is 11.0 Å². The normalized spacial score (nSPS) is 20.7. The van der Waals surface area contributed by atoms with Crippen molar-refractivity contribution in [2.45, 2.75) is 44.6 Å². The van der Waals surface area contributed by atoms with Crippen LogP contribution in [0.4, 0.5) is 0 Å². The Bertz CT molecular complexity index is 535. The van der Waals surface area contributed by atoms with Crippen LogP contribution < -0.4 is 0 Å². The molecule has 1 saturated heterocycles. The van der Waals surface area contributed by atoms with Crippen LogP contribution in [-0.4, -0.2) is 62.1 Å². The third-order valence-corrected chi connectivity index (χ3v) is 5.91. The highest BCUT2D eigenvalue weighted by molar-refractivity contribution is 7.12. The minimum atomic E-state index is 0.218. The summed E-state index contributed by atoms with van der Waals surface area (Å²) in [4.78, 5) is 18.3. The van der Waals surface area contributed by atoms with Crippen LogP contribution in [0, 0.1) is 0 Å². The molecule has 1 aliphatic carbocycles. The lowest BCUT2D eigenvalue weighted by Gasteiger charge is -2.27. The van der Waals surface area contributed by atoms with Gasteiger partial charge in [0.15, 0.2) is 0 Å². The number of fused-ring (bicyclic) bond motifs is 1. The Hall–Kier alpha value is -0.910. The van der Waals surface area contributed by atoms with E-state index in [-0.39, 0.29) is 12.0 Å². The Morgan fingerprint density at radius 2 is 2.09 bits per heavy atom. The van der Waals surface area contributed by atoms with Crippen molar-refractivity contribution in [3.05, 3.63) is 21.4 Å². The molecule has 2 aliphatic rings. The summed E-state index contributed by atoms with van der Waals surface area (Å²) in [5, 5.41) is 2.21. The van der Waals surface area contributed by atoms with Crippen molar-refractivity contribution in [3.8, 4) is 0 Å². The van der Waals surface area contributed by atoms with Gasteiger partial charge in [-0.3, -0.25) is 4.79 Å². The fourth-order valence-electron chi connectivity index (χ4n) is 3.47. The van der Waals surface area contributed by atoms with Crippen LogP contribution in [0.1, 0.15) is 46.5 Å². The van der Waals surface area contributed by atoms with Crippen LogP contribution in [-0.2, 0) is 17.6 Å².